The fourth-order valence-corrected chi connectivity index (χ4v) is 4.96. The van der Waals surface area contributed by atoms with E-state index in [4.69, 9.17) is 0 Å². The van der Waals surface area contributed by atoms with Gasteiger partial charge in [-0.15, -0.1) is 0 Å². The fourth-order valence-electron chi connectivity index (χ4n) is 4.96. The molecule has 2 atom stereocenters. The molecular weight excluding hydrogens is 416 g/mol. The number of hydrogen-bond donors (Lipinski definition) is 3. The molecule has 2 saturated carbocycles. The third-order valence-electron chi connectivity index (χ3n) is 6.90. The van der Waals surface area contributed by atoms with Gasteiger partial charge in [-0.2, -0.15) is 0 Å². The van der Waals surface area contributed by atoms with Crippen molar-refractivity contribution in [3.05, 3.63) is 54.1 Å². The Kier molecular flexibility index (Phi) is 6.03. The molecule has 7 heteroatoms. The zero-order valence-electron chi connectivity index (χ0n) is 18.7. The largest absolute Gasteiger partial charge is 0.335 e. The molecule has 3 N–H and O–H groups in total. The summed E-state index contributed by atoms with van der Waals surface area (Å²) in [5.74, 6) is -0.660. The molecule has 1 aliphatic heterocycles. The van der Waals surface area contributed by atoms with Gasteiger partial charge in [-0.3, -0.25) is 9.59 Å². The average Bonchev–Trinajstić information content (AvgIpc) is 3.54. The zero-order valence-corrected chi connectivity index (χ0v) is 18.7. The van der Waals surface area contributed by atoms with Crippen LogP contribution in [-0.4, -0.2) is 30.4 Å². The summed E-state index contributed by atoms with van der Waals surface area (Å²) >= 11 is 0. The zero-order chi connectivity index (χ0) is 22.8. The Morgan fingerprint density at radius 3 is 2.18 bits per heavy atom. The van der Waals surface area contributed by atoms with E-state index in [1.165, 1.54) is 5.56 Å². The lowest BCUT2D eigenvalue weighted by atomic mass is 9.77. The number of urea groups is 1. The van der Waals surface area contributed by atoms with Crippen LogP contribution in [0.4, 0.5) is 21.9 Å². The Labute approximate surface area is 193 Å². The predicted octanol–water partition coefficient (Wildman–Crippen LogP) is 4.30. The molecule has 33 heavy (non-hydrogen) atoms. The van der Waals surface area contributed by atoms with Crippen molar-refractivity contribution in [2.24, 2.45) is 11.8 Å². The van der Waals surface area contributed by atoms with Gasteiger partial charge in [0.15, 0.2) is 0 Å². The van der Waals surface area contributed by atoms with E-state index in [-0.39, 0.29) is 29.7 Å². The highest BCUT2D eigenvalue weighted by Crippen LogP contribution is 2.36. The van der Waals surface area contributed by atoms with E-state index in [2.05, 4.69) is 22.0 Å². The monoisotopic (exact) mass is 446 g/mol. The molecule has 7 nitrogen and oxygen atoms in total. The number of anilines is 3. The van der Waals surface area contributed by atoms with E-state index in [9.17, 15) is 14.4 Å². The third-order valence-corrected chi connectivity index (χ3v) is 6.90. The van der Waals surface area contributed by atoms with Crippen LogP contribution in [0.2, 0.25) is 0 Å². The van der Waals surface area contributed by atoms with Gasteiger partial charge in [-0.25, -0.2) is 4.79 Å². The van der Waals surface area contributed by atoms with Crippen LogP contribution >= 0.6 is 0 Å². The molecule has 5 rings (SSSR count). The molecule has 0 bridgehead atoms. The molecule has 0 saturated heterocycles. The highest BCUT2D eigenvalue weighted by atomic mass is 16.2. The van der Waals surface area contributed by atoms with Crippen molar-refractivity contribution in [1.29, 1.82) is 0 Å². The normalized spacial score (nSPS) is 21.8. The van der Waals surface area contributed by atoms with E-state index >= 15 is 0 Å². The third kappa shape index (κ3) is 4.87. The van der Waals surface area contributed by atoms with E-state index in [1.54, 1.807) is 24.3 Å². The topological polar surface area (TPSA) is 90.5 Å². The molecule has 4 amide bonds. The minimum Gasteiger partial charge on any atom is -0.335 e. The Morgan fingerprint density at radius 2 is 1.45 bits per heavy atom. The summed E-state index contributed by atoms with van der Waals surface area (Å²) in [4.78, 5) is 40.4. The summed E-state index contributed by atoms with van der Waals surface area (Å²) < 4.78 is 0. The van der Waals surface area contributed by atoms with Crippen molar-refractivity contribution >= 4 is 34.9 Å². The van der Waals surface area contributed by atoms with Crippen molar-refractivity contribution in [2.45, 2.75) is 51.0 Å². The van der Waals surface area contributed by atoms with E-state index in [1.807, 2.05) is 23.1 Å². The van der Waals surface area contributed by atoms with Gasteiger partial charge in [0.05, 0.1) is 5.92 Å². The second-order valence-electron chi connectivity index (χ2n) is 9.31. The highest BCUT2D eigenvalue weighted by molar-refractivity contribution is 6.02. The van der Waals surface area contributed by atoms with Gasteiger partial charge >= 0.3 is 6.03 Å². The molecule has 3 aliphatic rings. The molecule has 0 radical (unpaired) electrons. The standard InChI is InChI=1S/C26H30N4O3/c31-24(27-18-9-11-19(12-10-18)28-26(33)29-20-13-14-20)21-6-2-3-7-22(21)25(32)30-16-15-17-5-1-4-8-23(17)30/h1,4-5,8-12,20-22H,2-3,6-7,13-16H2,(H,27,31)(H2,28,29,33). The van der Waals surface area contributed by atoms with Gasteiger partial charge < -0.3 is 20.9 Å². The van der Waals surface area contributed by atoms with E-state index in [0.717, 1.165) is 50.6 Å². The maximum atomic E-state index is 13.5. The molecule has 0 spiro atoms. The maximum Gasteiger partial charge on any atom is 0.319 e. The molecule has 2 unspecified atom stereocenters. The number of nitrogens with one attached hydrogen (secondary N) is 3. The number of carbonyl (C=O) groups is 3. The molecule has 2 aliphatic carbocycles. The molecule has 1 heterocycles. The summed E-state index contributed by atoms with van der Waals surface area (Å²) in [5, 5.41) is 8.68. The summed E-state index contributed by atoms with van der Waals surface area (Å²) in [6.07, 6.45) is 6.33. The molecule has 172 valence electrons. The first-order chi connectivity index (χ1) is 16.1. The predicted molar refractivity (Wildman–Crippen MR) is 128 cm³/mol. The Balaban J connectivity index is 1.22. The van der Waals surface area contributed by atoms with Crippen molar-refractivity contribution in [3.8, 4) is 0 Å². The van der Waals surface area contributed by atoms with Gasteiger partial charge in [0.25, 0.3) is 0 Å². The van der Waals surface area contributed by atoms with Gasteiger partial charge in [0.1, 0.15) is 0 Å². The quantitative estimate of drug-likeness (QED) is 0.639. The van der Waals surface area contributed by atoms with Crippen LogP contribution in [0.15, 0.2) is 48.5 Å². The second-order valence-corrected chi connectivity index (χ2v) is 9.31. The molecular formula is C26H30N4O3. The minimum absolute atomic E-state index is 0.0704. The van der Waals surface area contributed by atoms with Crippen LogP contribution in [-0.2, 0) is 16.0 Å². The lowest BCUT2D eigenvalue weighted by Gasteiger charge is -2.32. The maximum absolute atomic E-state index is 13.5. The molecule has 2 aromatic carbocycles. The van der Waals surface area contributed by atoms with Gasteiger partial charge in [0, 0.05) is 35.6 Å². The number of benzene rings is 2. The van der Waals surface area contributed by atoms with Gasteiger partial charge in [0.2, 0.25) is 11.8 Å². The smallest absolute Gasteiger partial charge is 0.319 e. The number of carbonyl (C=O) groups excluding carboxylic acids is 3. The van der Waals surface area contributed by atoms with Crippen LogP contribution in [0, 0.1) is 11.8 Å². The number of para-hydroxylation sites is 1. The van der Waals surface area contributed by atoms with E-state index < -0.39 is 0 Å². The van der Waals surface area contributed by atoms with Crippen LogP contribution < -0.4 is 20.9 Å². The first-order valence-corrected chi connectivity index (χ1v) is 12.0. The SMILES string of the molecule is O=C(Nc1ccc(NC(=O)C2CCCCC2C(=O)N2CCc3ccccc32)cc1)NC1CC1. The minimum atomic E-state index is -0.332. The van der Waals surface area contributed by atoms with E-state index in [0.29, 0.717) is 24.0 Å². The number of fused-ring (bicyclic) bond motifs is 1. The summed E-state index contributed by atoms with van der Waals surface area (Å²) in [6, 6.07) is 15.2. The summed E-state index contributed by atoms with van der Waals surface area (Å²) in [5.41, 5.74) is 3.52. The number of amides is 4. The molecule has 0 aromatic heterocycles. The summed E-state index contributed by atoms with van der Waals surface area (Å²) in [7, 11) is 0. The van der Waals surface area contributed by atoms with Crippen molar-refractivity contribution in [1.82, 2.24) is 5.32 Å². The number of rotatable bonds is 5. The lowest BCUT2D eigenvalue weighted by molar-refractivity contribution is -0.132. The van der Waals surface area contributed by atoms with Crippen LogP contribution in [0.5, 0.6) is 0 Å². The fraction of sp³-hybridized carbons (Fsp3) is 0.423. The van der Waals surface area contributed by atoms with Crippen LogP contribution in [0.25, 0.3) is 0 Å². The molecule has 2 aromatic rings. The number of nitrogens with zero attached hydrogens (tertiary/aromatic N) is 1. The van der Waals surface area contributed by atoms with Crippen molar-refractivity contribution < 1.29 is 14.4 Å². The van der Waals surface area contributed by atoms with Gasteiger partial charge in [-0.05, 0) is 68.0 Å². The highest BCUT2D eigenvalue weighted by Gasteiger charge is 2.39. The molecule has 2 fully saturated rings. The first kappa shape index (κ1) is 21.5. The Bertz CT molecular complexity index is 1050. The Hall–Kier alpha value is -3.35. The Morgan fingerprint density at radius 1 is 0.788 bits per heavy atom. The summed E-state index contributed by atoms with van der Waals surface area (Å²) in [6.45, 7) is 0.686. The first-order valence-electron chi connectivity index (χ1n) is 12.0. The van der Waals surface area contributed by atoms with Crippen molar-refractivity contribution in [3.63, 3.8) is 0 Å². The second kappa shape index (κ2) is 9.25. The lowest BCUT2D eigenvalue weighted by Crippen LogP contribution is -2.43. The average molecular weight is 447 g/mol. The van der Waals surface area contributed by atoms with Crippen LogP contribution in [0.3, 0.4) is 0 Å². The number of hydrogen-bond acceptors (Lipinski definition) is 3. The van der Waals surface area contributed by atoms with Crippen molar-refractivity contribution in [2.75, 3.05) is 22.1 Å². The van der Waals surface area contributed by atoms with Crippen LogP contribution in [0.1, 0.15) is 44.1 Å². The van der Waals surface area contributed by atoms with Gasteiger partial charge in [-0.1, -0.05) is 31.0 Å².